The molecule has 202 valence electrons. The lowest BCUT2D eigenvalue weighted by molar-refractivity contribution is 0.105. The van der Waals surface area contributed by atoms with Gasteiger partial charge in [0.15, 0.2) is 0 Å². The van der Waals surface area contributed by atoms with Crippen LogP contribution in [-0.4, -0.2) is 40.1 Å². The number of fused-ring (bicyclic) bond motifs is 1. The van der Waals surface area contributed by atoms with Crippen LogP contribution in [0.4, 0.5) is 14.5 Å². The van der Waals surface area contributed by atoms with Gasteiger partial charge in [0.1, 0.15) is 40.5 Å². The van der Waals surface area contributed by atoms with Crippen LogP contribution in [-0.2, 0) is 7.05 Å². The number of hydrogen-bond acceptors (Lipinski definition) is 6. The molecule has 4 aromatic rings. The minimum absolute atomic E-state index is 0.0119. The van der Waals surface area contributed by atoms with E-state index in [1.165, 1.54) is 28.8 Å². The molecule has 0 radical (unpaired) electrons. The first-order valence-corrected chi connectivity index (χ1v) is 13.1. The number of pyridine rings is 2. The predicted octanol–water partition coefficient (Wildman–Crippen LogP) is 4.89. The first-order valence-electron chi connectivity index (χ1n) is 13.1. The van der Waals surface area contributed by atoms with Crippen molar-refractivity contribution in [1.29, 1.82) is 10.5 Å². The van der Waals surface area contributed by atoms with E-state index in [-0.39, 0.29) is 40.9 Å². The van der Waals surface area contributed by atoms with E-state index in [1.54, 1.807) is 43.4 Å². The summed E-state index contributed by atoms with van der Waals surface area (Å²) in [6.07, 6.45) is 0. The molecule has 2 aromatic heterocycles. The maximum absolute atomic E-state index is 13.9. The van der Waals surface area contributed by atoms with Crippen LogP contribution < -0.4 is 10.5 Å². The number of benzene rings is 2. The second-order valence-electron chi connectivity index (χ2n) is 10.4. The molecule has 1 atom stereocenters. The normalized spacial score (nSPS) is 15.9. The molecule has 1 aliphatic heterocycles. The fourth-order valence-electron chi connectivity index (χ4n) is 5.67. The third-order valence-electron chi connectivity index (χ3n) is 7.69. The van der Waals surface area contributed by atoms with E-state index in [0.717, 1.165) is 11.1 Å². The van der Waals surface area contributed by atoms with Crippen LogP contribution in [0.3, 0.4) is 0 Å². The Morgan fingerprint density at radius 3 is 2.02 bits per heavy atom. The molecule has 0 unspecified atom stereocenters. The summed E-state index contributed by atoms with van der Waals surface area (Å²) in [6, 6.07) is 19.8. The summed E-state index contributed by atoms with van der Waals surface area (Å²) in [5, 5.41) is 19.5. The molecule has 1 fully saturated rings. The van der Waals surface area contributed by atoms with Gasteiger partial charge in [0.05, 0.1) is 17.2 Å². The smallest absolute Gasteiger partial charge is 0.270 e. The van der Waals surface area contributed by atoms with Crippen LogP contribution in [0.1, 0.15) is 42.3 Å². The number of rotatable bonds is 5. The first-order chi connectivity index (χ1) is 19.2. The van der Waals surface area contributed by atoms with Gasteiger partial charge in [-0.25, -0.2) is 13.8 Å². The van der Waals surface area contributed by atoms with Gasteiger partial charge in [-0.1, -0.05) is 38.1 Å². The zero-order valence-corrected chi connectivity index (χ0v) is 22.5. The molecular formula is C31H28F2N6O. The van der Waals surface area contributed by atoms with Gasteiger partial charge in [-0.2, -0.15) is 10.5 Å². The molecule has 0 bridgehead atoms. The van der Waals surface area contributed by atoms with Crippen LogP contribution in [0, 0.1) is 40.2 Å². The average molecular weight is 539 g/mol. The lowest BCUT2D eigenvalue weighted by Gasteiger charge is -2.48. The highest BCUT2D eigenvalue weighted by molar-refractivity contribution is 5.92. The minimum Gasteiger partial charge on any atom is -0.366 e. The molecule has 5 rings (SSSR count). The van der Waals surface area contributed by atoms with Crippen molar-refractivity contribution in [3.8, 4) is 12.1 Å². The van der Waals surface area contributed by atoms with Crippen molar-refractivity contribution in [3.05, 3.63) is 105 Å². The molecule has 1 saturated heterocycles. The summed E-state index contributed by atoms with van der Waals surface area (Å²) >= 11 is 0. The number of aromatic nitrogens is 2. The van der Waals surface area contributed by atoms with Crippen LogP contribution in [0.25, 0.3) is 11.0 Å². The fourth-order valence-corrected chi connectivity index (χ4v) is 5.67. The van der Waals surface area contributed by atoms with Gasteiger partial charge >= 0.3 is 0 Å². The maximum Gasteiger partial charge on any atom is 0.270 e. The van der Waals surface area contributed by atoms with Gasteiger partial charge in [-0.3, -0.25) is 9.69 Å². The SMILES string of the molecule is CC(C)[C@H]1CN(c2c(C#N)c(=O)n(C)c3ccc(C#N)nc23)CCN1C(c1ccc(F)cc1)c1ccc(F)cc1. The summed E-state index contributed by atoms with van der Waals surface area (Å²) in [7, 11) is 1.59. The van der Waals surface area contributed by atoms with E-state index in [9.17, 15) is 24.1 Å². The van der Waals surface area contributed by atoms with Gasteiger partial charge in [0, 0.05) is 32.7 Å². The Bertz CT molecular complexity index is 1660. The summed E-state index contributed by atoms with van der Waals surface area (Å²) in [5.41, 5.74) is 2.93. The number of anilines is 1. The molecular weight excluding hydrogens is 510 g/mol. The van der Waals surface area contributed by atoms with Crippen molar-refractivity contribution in [2.75, 3.05) is 24.5 Å². The Labute approximate surface area is 231 Å². The molecule has 0 N–H and O–H groups in total. The highest BCUT2D eigenvalue weighted by Crippen LogP contribution is 2.37. The summed E-state index contributed by atoms with van der Waals surface area (Å²) in [6.45, 7) is 5.70. The quantitative estimate of drug-likeness (QED) is 0.360. The van der Waals surface area contributed by atoms with Crippen molar-refractivity contribution < 1.29 is 8.78 Å². The third kappa shape index (κ3) is 4.81. The van der Waals surface area contributed by atoms with Gasteiger partial charge < -0.3 is 9.47 Å². The average Bonchev–Trinajstić information content (AvgIpc) is 2.96. The molecule has 7 nitrogen and oxygen atoms in total. The van der Waals surface area contributed by atoms with Crippen molar-refractivity contribution in [1.82, 2.24) is 14.5 Å². The van der Waals surface area contributed by atoms with Gasteiger partial charge in [0.2, 0.25) is 0 Å². The van der Waals surface area contributed by atoms with Crippen LogP contribution >= 0.6 is 0 Å². The topological polar surface area (TPSA) is 88.9 Å². The van der Waals surface area contributed by atoms with Crippen molar-refractivity contribution in [3.63, 3.8) is 0 Å². The van der Waals surface area contributed by atoms with Crippen molar-refractivity contribution >= 4 is 16.7 Å². The van der Waals surface area contributed by atoms with E-state index in [2.05, 4.69) is 35.9 Å². The molecule has 1 aliphatic rings. The second kappa shape index (κ2) is 10.9. The van der Waals surface area contributed by atoms with Crippen LogP contribution in [0.15, 0.2) is 65.5 Å². The molecule has 0 amide bonds. The summed E-state index contributed by atoms with van der Waals surface area (Å²) in [5.74, 6) is -0.521. The predicted molar refractivity (Wildman–Crippen MR) is 149 cm³/mol. The van der Waals surface area contributed by atoms with Crippen molar-refractivity contribution in [2.24, 2.45) is 13.0 Å². The summed E-state index contributed by atoms with van der Waals surface area (Å²) < 4.78 is 29.1. The Balaban J connectivity index is 1.62. The Morgan fingerprint density at radius 1 is 0.900 bits per heavy atom. The first kappa shape index (κ1) is 27.0. The van der Waals surface area contributed by atoms with Crippen LogP contribution in [0.5, 0.6) is 0 Å². The van der Waals surface area contributed by atoms with E-state index in [4.69, 9.17) is 0 Å². The Morgan fingerprint density at radius 2 is 1.50 bits per heavy atom. The third-order valence-corrected chi connectivity index (χ3v) is 7.69. The molecule has 9 heteroatoms. The summed E-state index contributed by atoms with van der Waals surface area (Å²) in [4.78, 5) is 22.1. The molecule has 40 heavy (non-hydrogen) atoms. The lowest BCUT2D eigenvalue weighted by Crippen LogP contribution is -2.56. The zero-order chi connectivity index (χ0) is 28.6. The number of halogens is 2. The number of hydrogen-bond donors (Lipinski definition) is 0. The molecule has 3 heterocycles. The Hall–Kier alpha value is -4.60. The molecule has 0 spiro atoms. The molecule has 0 aliphatic carbocycles. The fraction of sp³-hybridized carbons (Fsp3) is 0.290. The van der Waals surface area contributed by atoms with E-state index < -0.39 is 5.56 Å². The minimum atomic E-state index is -0.421. The van der Waals surface area contributed by atoms with E-state index in [1.807, 2.05) is 4.90 Å². The number of piperazine rings is 1. The van der Waals surface area contributed by atoms with Crippen molar-refractivity contribution in [2.45, 2.75) is 25.9 Å². The van der Waals surface area contributed by atoms with Gasteiger partial charge in [0.25, 0.3) is 5.56 Å². The molecule has 2 aromatic carbocycles. The zero-order valence-electron chi connectivity index (χ0n) is 22.5. The Kier molecular flexibility index (Phi) is 7.34. The number of nitrogens with zero attached hydrogens (tertiary/aromatic N) is 6. The maximum atomic E-state index is 13.9. The standard InChI is InChI=1S/C31H28F2N6O/c1-19(2)27-18-38(30-25(17-35)31(40)37(3)26-13-12-24(16-34)36-28(26)30)14-15-39(27)29(20-4-8-22(32)9-5-20)21-6-10-23(33)11-7-21/h4-13,19,27,29H,14-15,18H2,1-3H3/t27-/m1/s1. The van der Waals surface area contributed by atoms with Crippen LogP contribution in [0.2, 0.25) is 0 Å². The van der Waals surface area contributed by atoms with Gasteiger partial charge in [-0.15, -0.1) is 0 Å². The van der Waals surface area contributed by atoms with E-state index in [0.29, 0.717) is 36.4 Å². The number of nitriles is 2. The monoisotopic (exact) mass is 538 g/mol. The second-order valence-corrected chi connectivity index (χ2v) is 10.4. The van der Waals surface area contributed by atoms with E-state index >= 15 is 0 Å². The highest BCUT2D eigenvalue weighted by Gasteiger charge is 2.37. The molecule has 0 saturated carbocycles. The lowest BCUT2D eigenvalue weighted by atomic mass is 9.90. The van der Waals surface area contributed by atoms with Gasteiger partial charge in [-0.05, 0) is 53.4 Å². The highest BCUT2D eigenvalue weighted by atomic mass is 19.1. The number of aryl methyl sites for hydroxylation is 1. The largest absolute Gasteiger partial charge is 0.366 e.